The zero-order chi connectivity index (χ0) is 13.4. The zero-order valence-electron chi connectivity index (χ0n) is 10.6. The fourth-order valence-electron chi connectivity index (χ4n) is 2.41. The van der Waals surface area contributed by atoms with Crippen molar-refractivity contribution >= 4 is 34.2 Å². The molecule has 0 N–H and O–H groups in total. The van der Waals surface area contributed by atoms with Gasteiger partial charge >= 0.3 is 0 Å². The van der Waals surface area contributed by atoms with Crippen LogP contribution >= 0.6 is 22.6 Å². The Morgan fingerprint density at radius 2 is 2.16 bits per heavy atom. The molecule has 3 rings (SSSR count). The van der Waals surface area contributed by atoms with Gasteiger partial charge in [-0.05, 0) is 58.8 Å². The van der Waals surface area contributed by atoms with Crippen LogP contribution in [0.4, 0.5) is 5.69 Å². The van der Waals surface area contributed by atoms with Crippen LogP contribution in [0.5, 0.6) is 0 Å². The van der Waals surface area contributed by atoms with Crippen molar-refractivity contribution < 1.29 is 4.79 Å². The third kappa shape index (κ3) is 2.51. The molecule has 1 aromatic heterocycles. The fourth-order valence-corrected chi connectivity index (χ4v) is 2.97. The molecule has 0 bridgehead atoms. The molecular formula is C14H14IN3O. The SMILES string of the molecule is Cn1ccc(CN2C(=O)CCc3cc(I)ccc32)n1. The Hall–Kier alpha value is -1.37. The van der Waals surface area contributed by atoms with Crippen LogP contribution in [0.15, 0.2) is 30.5 Å². The third-order valence-corrected chi connectivity index (χ3v) is 4.00. The number of halogens is 1. The number of carbonyl (C=O) groups excluding carboxylic acids is 1. The number of carbonyl (C=O) groups is 1. The van der Waals surface area contributed by atoms with Crippen molar-refractivity contribution in [1.29, 1.82) is 0 Å². The molecule has 19 heavy (non-hydrogen) atoms. The molecule has 2 heterocycles. The van der Waals surface area contributed by atoms with E-state index in [1.54, 1.807) is 4.68 Å². The van der Waals surface area contributed by atoms with E-state index < -0.39 is 0 Å². The summed E-state index contributed by atoms with van der Waals surface area (Å²) >= 11 is 2.31. The lowest BCUT2D eigenvalue weighted by Gasteiger charge is -2.29. The topological polar surface area (TPSA) is 38.1 Å². The summed E-state index contributed by atoms with van der Waals surface area (Å²) in [5, 5.41) is 4.35. The summed E-state index contributed by atoms with van der Waals surface area (Å²) in [6.45, 7) is 0.549. The van der Waals surface area contributed by atoms with Gasteiger partial charge < -0.3 is 4.90 Å². The number of hydrogen-bond acceptors (Lipinski definition) is 2. The van der Waals surface area contributed by atoms with E-state index in [2.05, 4.69) is 33.8 Å². The molecule has 4 nitrogen and oxygen atoms in total. The average Bonchev–Trinajstić information content (AvgIpc) is 2.78. The van der Waals surface area contributed by atoms with E-state index in [0.717, 1.165) is 17.8 Å². The number of hydrogen-bond donors (Lipinski definition) is 0. The summed E-state index contributed by atoms with van der Waals surface area (Å²) in [4.78, 5) is 14.0. The first-order valence-electron chi connectivity index (χ1n) is 6.21. The van der Waals surface area contributed by atoms with Crippen LogP contribution in [0.3, 0.4) is 0 Å². The highest BCUT2D eigenvalue weighted by atomic mass is 127. The van der Waals surface area contributed by atoms with Gasteiger partial charge in [-0.1, -0.05) is 0 Å². The lowest BCUT2D eigenvalue weighted by atomic mass is 10.0. The Morgan fingerprint density at radius 3 is 2.89 bits per heavy atom. The maximum Gasteiger partial charge on any atom is 0.227 e. The number of aromatic nitrogens is 2. The quantitative estimate of drug-likeness (QED) is 0.766. The van der Waals surface area contributed by atoms with Gasteiger partial charge in [-0.2, -0.15) is 5.10 Å². The van der Waals surface area contributed by atoms with Crippen LogP contribution in [0.25, 0.3) is 0 Å². The molecule has 0 atom stereocenters. The number of benzene rings is 1. The van der Waals surface area contributed by atoms with Gasteiger partial charge in [0.25, 0.3) is 0 Å². The van der Waals surface area contributed by atoms with Gasteiger partial charge in [-0.3, -0.25) is 9.48 Å². The Kier molecular flexibility index (Phi) is 3.30. The Bertz CT molecular complexity index is 635. The van der Waals surface area contributed by atoms with Gasteiger partial charge in [0.15, 0.2) is 0 Å². The molecule has 1 aliphatic rings. The van der Waals surface area contributed by atoms with Crippen LogP contribution in [0.1, 0.15) is 17.7 Å². The van der Waals surface area contributed by atoms with E-state index in [0.29, 0.717) is 13.0 Å². The van der Waals surface area contributed by atoms with Gasteiger partial charge in [0, 0.05) is 28.9 Å². The van der Waals surface area contributed by atoms with E-state index >= 15 is 0 Å². The first-order chi connectivity index (χ1) is 9.13. The predicted molar refractivity (Wildman–Crippen MR) is 81.9 cm³/mol. The smallest absolute Gasteiger partial charge is 0.227 e. The standard InChI is InChI=1S/C14H14IN3O/c1-17-7-6-12(16-17)9-18-13-4-3-11(15)8-10(13)2-5-14(18)19/h3-4,6-8H,2,5,9H2,1H3. The minimum absolute atomic E-state index is 0.180. The maximum absolute atomic E-state index is 12.1. The van der Waals surface area contributed by atoms with Crippen molar-refractivity contribution in [3.8, 4) is 0 Å². The third-order valence-electron chi connectivity index (χ3n) is 3.33. The molecular weight excluding hydrogens is 353 g/mol. The molecule has 0 aliphatic carbocycles. The number of nitrogens with zero attached hydrogens (tertiary/aromatic N) is 3. The van der Waals surface area contributed by atoms with Crippen LogP contribution < -0.4 is 4.90 Å². The van der Waals surface area contributed by atoms with E-state index in [9.17, 15) is 4.79 Å². The van der Waals surface area contributed by atoms with Crippen molar-refractivity contribution in [3.63, 3.8) is 0 Å². The highest BCUT2D eigenvalue weighted by Crippen LogP contribution is 2.30. The van der Waals surface area contributed by atoms with Gasteiger partial charge in [0.1, 0.15) is 0 Å². The van der Waals surface area contributed by atoms with Crippen LogP contribution in [0.2, 0.25) is 0 Å². The minimum atomic E-state index is 0.180. The summed E-state index contributed by atoms with van der Waals surface area (Å²) in [5.74, 6) is 0.180. The molecule has 1 aromatic carbocycles. The molecule has 0 fully saturated rings. The monoisotopic (exact) mass is 367 g/mol. The van der Waals surface area contributed by atoms with Gasteiger partial charge in [-0.25, -0.2) is 0 Å². The zero-order valence-corrected chi connectivity index (χ0v) is 12.8. The molecule has 0 saturated heterocycles. The van der Waals surface area contributed by atoms with Crippen molar-refractivity contribution in [2.75, 3.05) is 4.90 Å². The second-order valence-corrected chi connectivity index (χ2v) is 5.98. The number of fused-ring (bicyclic) bond motifs is 1. The highest BCUT2D eigenvalue weighted by molar-refractivity contribution is 14.1. The summed E-state index contributed by atoms with van der Waals surface area (Å²) < 4.78 is 2.97. The fraction of sp³-hybridized carbons (Fsp3) is 0.286. The van der Waals surface area contributed by atoms with E-state index in [-0.39, 0.29) is 5.91 Å². The second kappa shape index (κ2) is 4.96. The maximum atomic E-state index is 12.1. The van der Waals surface area contributed by atoms with Crippen LogP contribution in [-0.4, -0.2) is 15.7 Å². The summed E-state index contributed by atoms with van der Waals surface area (Å²) in [5.41, 5.74) is 3.20. The molecule has 5 heteroatoms. The molecule has 0 unspecified atom stereocenters. The number of rotatable bonds is 2. The first-order valence-corrected chi connectivity index (χ1v) is 7.29. The highest BCUT2D eigenvalue weighted by Gasteiger charge is 2.24. The van der Waals surface area contributed by atoms with Crippen molar-refractivity contribution in [3.05, 3.63) is 45.3 Å². The molecule has 0 spiro atoms. The molecule has 1 aliphatic heterocycles. The second-order valence-electron chi connectivity index (χ2n) is 4.73. The Balaban J connectivity index is 1.94. The first kappa shape index (κ1) is 12.7. The van der Waals surface area contributed by atoms with Gasteiger partial charge in [0.05, 0.1) is 12.2 Å². The summed E-state index contributed by atoms with van der Waals surface area (Å²) in [7, 11) is 1.89. The van der Waals surface area contributed by atoms with E-state index in [1.165, 1.54) is 9.13 Å². The van der Waals surface area contributed by atoms with Crippen LogP contribution in [0, 0.1) is 3.57 Å². The minimum Gasteiger partial charge on any atom is -0.306 e. The largest absolute Gasteiger partial charge is 0.306 e. The molecule has 0 saturated carbocycles. The van der Waals surface area contributed by atoms with Crippen LogP contribution in [-0.2, 0) is 24.8 Å². The van der Waals surface area contributed by atoms with E-state index in [4.69, 9.17) is 0 Å². The summed E-state index contributed by atoms with van der Waals surface area (Å²) in [6.07, 6.45) is 3.32. The average molecular weight is 367 g/mol. The predicted octanol–water partition coefficient (Wildman–Crippen LogP) is 2.50. The Morgan fingerprint density at radius 1 is 1.32 bits per heavy atom. The van der Waals surface area contributed by atoms with Crippen molar-refractivity contribution in [2.45, 2.75) is 19.4 Å². The molecule has 1 amide bonds. The lowest BCUT2D eigenvalue weighted by molar-refractivity contribution is -0.119. The van der Waals surface area contributed by atoms with Crippen molar-refractivity contribution in [2.24, 2.45) is 7.05 Å². The lowest BCUT2D eigenvalue weighted by Crippen LogP contribution is -2.34. The number of amides is 1. The van der Waals surface area contributed by atoms with Crippen molar-refractivity contribution in [1.82, 2.24) is 9.78 Å². The number of anilines is 1. The molecule has 2 aromatic rings. The summed E-state index contributed by atoms with van der Waals surface area (Å²) in [6, 6.07) is 8.20. The Labute approximate surface area is 125 Å². The van der Waals surface area contributed by atoms with E-state index in [1.807, 2.05) is 36.3 Å². The molecule has 98 valence electrons. The normalized spacial score (nSPS) is 14.6. The van der Waals surface area contributed by atoms with Gasteiger partial charge in [-0.15, -0.1) is 0 Å². The van der Waals surface area contributed by atoms with Gasteiger partial charge in [0.2, 0.25) is 5.91 Å². The number of aryl methyl sites for hydroxylation is 2. The molecule has 0 radical (unpaired) electrons.